The van der Waals surface area contributed by atoms with E-state index < -0.39 is 0 Å². The molecule has 0 spiro atoms. The van der Waals surface area contributed by atoms with Crippen molar-refractivity contribution in [1.82, 2.24) is 5.32 Å². The molecule has 3 nitrogen and oxygen atoms in total. The van der Waals surface area contributed by atoms with Gasteiger partial charge in [-0.25, -0.2) is 0 Å². The predicted molar refractivity (Wildman–Crippen MR) is 89.0 cm³/mol. The maximum absolute atomic E-state index is 12.3. The number of benzene rings is 1. The monoisotopic (exact) mass is 401 g/mol. The number of carbonyl (C=O) groups excluding carboxylic acids is 1. The van der Waals surface area contributed by atoms with Crippen molar-refractivity contribution >= 4 is 48.7 Å². The minimum absolute atomic E-state index is 0.181. The summed E-state index contributed by atoms with van der Waals surface area (Å²) in [5.74, 6) is 0.171. The van der Waals surface area contributed by atoms with E-state index in [9.17, 15) is 4.79 Å². The van der Waals surface area contributed by atoms with E-state index in [1.807, 2.05) is 32.0 Å². The van der Waals surface area contributed by atoms with E-state index in [1.165, 1.54) is 0 Å². The van der Waals surface area contributed by atoms with Crippen molar-refractivity contribution in [1.29, 1.82) is 0 Å². The lowest BCUT2D eigenvalue weighted by molar-refractivity contribution is 0.0889. The summed E-state index contributed by atoms with van der Waals surface area (Å²) in [6, 6.07) is 7.67. The molecule has 2 rings (SSSR count). The highest BCUT2D eigenvalue weighted by molar-refractivity contribution is 9.09. The lowest BCUT2D eigenvalue weighted by Gasteiger charge is -2.29. The zero-order chi connectivity index (χ0) is 14.8. The summed E-state index contributed by atoms with van der Waals surface area (Å²) in [5, 5.41) is 5.37. The van der Waals surface area contributed by atoms with E-state index in [2.05, 4.69) is 37.2 Å². The standard InChI is InChI=1S/C15H17Br2NO2/c1-3-15(8-16,9-17)18-14(19)13-7-11-6-10(2)4-5-12(11)20-13/h4-7H,3,8-9H2,1-2H3,(H,18,19). The molecule has 0 bridgehead atoms. The number of amides is 1. The Kier molecular flexibility index (Phi) is 4.91. The van der Waals surface area contributed by atoms with E-state index in [4.69, 9.17) is 4.42 Å². The molecule has 5 heteroatoms. The normalized spacial score (nSPS) is 11.8. The highest BCUT2D eigenvalue weighted by Gasteiger charge is 2.29. The highest BCUT2D eigenvalue weighted by Crippen LogP contribution is 2.22. The molecule has 1 aromatic carbocycles. The molecule has 0 aliphatic rings. The van der Waals surface area contributed by atoms with Crippen LogP contribution in [0, 0.1) is 6.92 Å². The molecule has 0 atom stereocenters. The molecule has 1 heterocycles. The van der Waals surface area contributed by atoms with Crippen molar-refractivity contribution in [3.63, 3.8) is 0 Å². The minimum Gasteiger partial charge on any atom is -0.451 e. The average Bonchev–Trinajstić information content (AvgIpc) is 2.88. The van der Waals surface area contributed by atoms with Crippen LogP contribution in [0.3, 0.4) is 0 Å². The molecule has 0 saturated carbocycles. The van der Waals surface area contributed by atoms with Gasteiger partial charge in [-0.15, -0.1) is 0 Å². The van der Waals surface area contributed by atoms with Crippen molar-refractivity contribution in [3.8, 4) is 0 Å². The number of alkyl halides is 2. The molecule has 20 heavy (non-hydrogen) atoms. The lowest BCUT2D eigenvalue weighted by atomic mass is 10.0. The van der Waals surface area contributed by atoms with Gasteiger partial charge in [-0.05, 0) is 31.5 Å². The van der Waals surface area contributed by atoms with Crippen LogP contribution < -0.4 is 5.32 Å². The molecule has 1 aromatic heterocycles. The van der Waals surface area contributed by atoms with Gasteiger partial charge in [0.25, 0.3) is 5.91 Å². The summed E-state index contributed by atoms with van der Waals surface area (Å²) in [4.78, 5) is 12.3. The number of nitrogens with one attached hydrogen (secondary N) is 1. The zero-order valence-corrected chi connectivity index (χ0v) is 14.7. The largest absolute Gasteiger partial charge is 0.451 e. The van der Waals surface area contributed by atoms with Crippen molar-refractivity contribution < 1.29 is 9.21 Å². The SMILES string of the molecule is CCC(CBr)(CBr)NC(=O)c1cc2cc(C)ccc2o1. The lowest BCUT2D eigenvalue weighted by Crippen LogP contribution is -2.51. The smallest absolute Gasteiger partial charge is 0.287 e. The summed E-state index contributed by atoms with van der Waals surface area (Å²) < 4.78 is 5.62. The average molecular weight is 403 g/mol. The van der Waals surface area contributed by atoms with Crippen LogP contribution in [0.1, 0.15) is 29.5 Å². The molecule has 0 unspecified atom stereocenters. The molecule has 0 aliphatic carbocycles. The fraction of sp³-hybridized carbons (Fsp3) is 0.400. The van der Waals surface area contributed by atoms with E-state index in [-0.39, 0.29) is 11.4 Å². The molecular weight excluding hydrogens is 386 g/mol. The summed E-state index contributed by atoms with van der Waals surface area (Å²) in [6.45, 7) is 4.06. The molecule has 0 aliphatic heterocycles. The quantitative estimate of drug-likeness (QED) is 0.752. The van der Waals surface area contributed by atoms with Crippen LogP contribution in [0.2, 0.25) is 0 Å². The Labute approximate surface area is 135 Å². The summed E-state index contributed by atoms with van der Waals surface area (Å²) in [7, 11) is 0. The van der Waals surface area contributed by atoms with Gasteiger partial charge in [0.15, 0.2) is 5.76 Å². The summed E-state index contributed by atoms with van der Waals surface area (Å²) in [6.07, 6.45) is 0.828. The second-order valence-corrected chi connectivity index (χ2v) is 6.13. The number of halogens is 2. The molecule has 0 saturated heterocycles. The van der Waals surface area contributed by atoms with Crippen LogP contribution in [0.4, 0.5) is 0 Å². The van der Waals surface area contributed by atoms with Gasteiger partial charge in [0, 0.05) is 16.0 Å². The predicted octanol–water partition coefficient (Wildman–Crippen LogP) is 4.41. The minimum atomic E-state index is -0.300. The van der Waals surface area contributed by atoms with E-state index in [0.29, 0.717) is 16.4 Å². The van der Waals surface area contributed by atoms with E-state index in [1.54, 1.807) is 6.07 Å². The number of rotatable bonds is 5. The Morgan fingerprint density at radius 3 is 2.60 bits per heavy atom. The number of hydrogen-bond donors (Lipinski definition) is 1. The summed E-state index contributed by atoms with van der Waals surface area (Å²) in [5.41, 5.74) is 1.58. The zero-order valence-electron chi connectivity index (χ0n) is 11.5. The third-order valence-corrected chi connectivity index (χ3v) is 5.61. The second kappa shape index (κ2) is 6.31. The second-order valence-electron chi connectivity index (χ2n) is 5.01. The van der Waals surface area contributed by atoms with Gasteiger partial charge >= 0.3 is 0 Å². The first-order valence-corrected chi connectivity index (χ1v) is 8.72. The number of furan rings is 1. The first kappa shape index (κ1) is 15.6. The van der Waals surface area contributed by atoms with Gasteiger partial charge in [0.1, 0.15) is 5.58 Å². The van der Waals surface area contributed by atoms with Crippen molar-refractivity contribution in [3.05, 3.63) is 35.6 Å². The van der Waals surface area contributed by atoms with Crippen LogP contribution >= 0.6 is 31.9 Å². The Balaban J connectivity index is 2.27. The number of hydrogen-bond acceptors (Lipinski definition) is 2. The first-order chi connectivity index (χ1) is 9.53. The third-order valence-electron chi connectivity index (χ3n) is 3.46. The highest BCUT2D eigenvalue weighted by atomic mass is 79.9. The molecule has 1 amide bonds. The Hall–Kier alpha value is -0.810. The maximum Gasteiger partial charge on any atom is 0.287 e. The Bertz CT molecular complexity index is 609. The number of aryl methyl sites for hydroxylation is 1. The van der Waals surface area contributed by atoms with Gasteiger partial charge in [-0.3, -0.25) is 4.79 Å². The summed E-state index contributed by atoms with van der Waals surface area (Å²) >= 11 is 6.93. The van der Waals surface area contributed by atoms with Crippen molar-refractivity contribution in [2.45, 2.75) is 25.8 Å². The van der Waals surface area contributed by atoms with E-state index in [0.717, 1.165) is 23.0 Å². The van der Waals surface area contributed by atoms with Gasteiger partial charge in [0.2, 0.25) is 0 Å². The molecule has 1 N–H and O–H groups in total. The molecular formula is C15H17Br2NO2. The molecule has 0 fully saturated rings. The number of carbonyl (C=O) groups is 1. The van der Waals surface area contributed by atoms with Crippen LogP contribution in [-0.4, -0.2) is 22.1 Å². The van der Waals surface area contributed by atoms with Gasteiger partial charge in [-0.2, -0.15) is 0 Å². The van der Waals surface area contributed by atoms with Gasteiger partial charge in [-0.1, -0.05) is 50.4 Å². The molecule has 0 radical (unpaired) electrons. The van der Waals surface area contributed by atoms with Crippen molar-refractivity contribution in [2.24, 2.45) is 0 Å². The third kappa shape index (κ3) is 3.09. The Morgan fingerprint density at radius 2 is 2.00 bits per heavy atom. The Morgan fingerprint density at radius 1 is 1.30 bits per heavy atom. The maximum atomic E-state index is 12.3. The van der Waals surface area contributed by atoms with Gasteiger partial charge < -0.3 is 9.73 Å². The van der Waals surface area contributed by atoms with Crippen LogP contribution in [0.25, 0.3) is 11.0 Å². The topological polar surface area (TPSA) is 42.2 Å². The molecule has 108 valence electrons. The van der Waals surface area contributed by atoms with Gasteiger partial charge in [0.05, 0.1) is 5.54 Å². The van der Waals surface area contributed by atoms with Crippen LogP contribution in [0.5, 0.6) is 0 Å². The van der Waals surface area contributed by atoms with Crippen molar-refractivity contribution in [2.75, 3.05) is 10.7 Å². The first-order valence-electron chi connectivity index (χ1n) is 6.48. The fourth-order valence-corrected chi connectivity index (χ4v) is 3.96. The van der Waals surface area contributed by atoms with E-state index >= 15 is 0 Å². The van der Waals surface area contributed by atoms with Crippen LogP contribution in [0.15, 0.2) is 28.7 Å². The van der Waals surface area contributed by atoms with Crippen LogP contribution in [-0.2, 0) is 0 Å². The fourth-order valence-electron chi connectivity index (χ4n) is 1.96. The number of fused-ring (bicyclic) bond motifs is 1. The molecule has 2 aromatic rings.